The highest BCUT2D eigenvalue weighted by Gasteiger charge is 2.35. The second-order valence-corrected chi connectivity index (χ2v) is 9.04. The molecule has 0 N–H and O–H groups in total. The Balaban J connectivity index is 2.10. The lowest BCUT2D eigenvalue weighted by Crippen LogP contribution is -2.35. The van der Waals surface area contributed by atoms with Gasteiger partial charge in [-0.25, -0.2) is 8.42 Å². The lowest BCUT2D eigenvalue weighted by atomic mass is 10.0. The average Bonchev–Trinajstić information content (AvgIpc) is 2.84. The van der Waals surface area contributed by atoms with Crippen LogP contribution in [0, 0.1) is 13.8 Å². The van der Waals surface area contributed by atoms with Crippen LogP contribution in [-0.4, -0.2) is 19.3 Å². The molecule has 1 saturated heterocycles. The van der Waals surface area contributed by atoms with E-state index >= 15 is 0 Å². The van der Waals surface area contributed by atoms with Crippen molar-refractivity contribution < 1.29 is 8.42 Å². The van der Waals surface area contributed by atoms with Crippen molar-refractivity contribution >= 4 is 21.6 Å². The molecule has 1 aliphatic heterocycles. The van der Waals surface area contributed by atoms with Crippen molar-refractivity contribution in [3.8, 4) is 0 Å². The zero-order valence-electron chi connectivity index (χ0n) is 14.7. The molecule has 3 nitrogen and oxygen atoms in total. The summed E-state index contributed by atoms with van der Waals surface area (Å²) in [6, 6.07) is 13.0. The van der Waals surface area contributed by atoms with E-state index in [9.17, 15) is 8.42 Å². The summed E-state index contributed by atoms with van der Waals surface area (Å²) in [7, 11) is -3.58. The van der Waals surface area contributed by atoms with Gasteiger partial charge in [-0.15, -0.1) is 0 Å². The van der Waals surface area contributed by atoms with Gasteiger partial charge >= 0.3 is 0 Å². The topological polar surface area (TPSA) is 37.4 Å². The number of sulfonamides is 1. The van der Waals surface area contributed by atoms with Crippen LogP contribution in [0.25, 0.3) is 0 Å². The highest BCUT2D eigenvalue weighted by atomic mass is 35.5. The van der Waals surface area contributed by atoms with Crippen LogP contribution in [0.15, 0.2) is 47.4 Å². The van der Waals surface area contributed by atoms with Gasteiger partial charge in [0, 0.05) is 11.6 Å². The van der Waals surface area contributed by atoms with Gasteiger partial charge in [0.25, 0.3) is 0 Å². The van der Waals surface area contributed by atoms with Gasteiger partial charge in [-0.3, -0.25) is 0 Å². The first-order valence-corrected chi connectivity index (χ1v) is 10.6. The lowest BCUT2D eigenvalue weighted by Gasteiger charge is -2.30. The Morgan fingerprint density at radius 3 is 2.56 bits per heavy atom. The minimum absolute atomic E-state index is 0.207. The summed E-state index contributed by atoms with van der Waals surface area (Å²) in [6.07, 6.45) is 3.73. The number of halogens is 1. The minimum Gasteiger partial charge on any atom is -0.207 e. The fourth-order valence-corrected chi connectivity index (χ4v) is 5.78. The molecule has 0 saturated carbocycles. The monoisotopic (exact) mass is 377 g/mol. The third kappa shape index (κ3) is 3.76. The van der Waals surface area contributed by atoms with Crippen molar-refractivity contribution in [2.45, 2.75) is 50.5 Å². The molecule has 1 atom stereocenters. The summed E-state index contributed by atoms with van der Waals surface area (Å²) >= 11 is 6.41. The van der Waals surface area contributed by atoms with Crippen LogP contribution in [0.4, 0.5) is 0 Å². The zero-order valence-corrected chi connectivity index (χ0v) is 16.3. The number of rotatable bonds is 3. The summed E-state index contributed by atoms with van der Waals surface area (Å²) in [4.78, 5) is 0.409. The van der Waals surface area contributed by atoms with Crippen LogP contribution in [0.1, 0.15) is 48.4 Å². The van der Waals surface area contributed by atoms with Crippen molar-refractivity contribution in [1.82, 2.24) is 4.31 Å². The van der Waals surface area contributed by atoms with Gasteiger partial charge in [0.1, 0.15) is 0 Å². The SMILES string of the molecule is Cc1ccc(C)c(S(=O)(=O)N2CCCCC[C@H]2c2ccccc2Cl)c1. The van der Waals surface area contributed by atoms with Crippen LogP contribution >= 0.6 is 11.6 Å². The Morgan fingerprint density at radius 2 is 1.80 bits per heavy atom. The molecule has 0 bridgehead atoms. The molecule has 0 aliphatic carbocycles. The van der Waals surface area contributed by atoms with Crippen LogP contribution in [0.5, 0.6) is 0 Å². The van der Waals surface area contributed by atoms with Crippen molar-refractivity contribution in [1.29, 1.82) is 0 Å². The Labute approximate surface area is 155 Å². The molecule has 0 radical (unpaired) electrons. The van der Waals surface area contributed by atoms with Gasteiger partial charge in [0.15, 0.2) is 0 Å². The van der Waals surface area contributed by atoms with E-state index in [4.69, 9.17) is 11.6 Å². The van der Waals surface area contributed by atoms with Crippen molar-refractivity contribution in [3.63, 3.8) is 0 Å². The predicted molar refractivity (Wildman–Crippen MR) is 102 cm³/mol. The number of aryl methyl sites for hydroxylation is 2. The largest absolute Gasteiger partial charge is 0.243 e. The van der Waals surface area contributed by atoms with E-state index in [1.165, 1.54) is 0 Å². The first-order valence-electron chi connectivity index (χ1n) is 8.75. The summed E-state index contributed by atoms with van der Waals surface area (Å²) < 4.78 is 28.7. The molecule has 2 aromatic rings. The number of benzene rings is 2. The fourth-order valence-electron chi connectivity index (χ4n) is 3.54. The summed E-state index contributed by atoms with van der Waals surface area (Å²) in [6.45, 7) is 4.31. The Hall–Kier alpha value is -1.36. The molecule has 25 heavy (non-hydrogen) atoms. The van der Waals surface area contributed by atoms with Gasteiger partial charge in [-0.2, -0.15) is 4.31 Å². The fraction of sp³-hybridized carbons (Fsp3) is 0.400. The van der Waals surface area contributed by atoms with E-state index in [1.807, 2.05) is 50.2 Å². The Bertz CT molecular complexity index is 864. The summed E-state index contributed by atoms with van der Waals surface area (Å²) in [5.74, 6) is 0. The van der Waals surface area contributed by atoms with Crippen LogP contribution in [0.3, 0.4) is 0 Å². The maximum atomic E-state index is 13.5. The molecule has 0 amide bonds. The molecule has 0 unspecified atom stereocenters. The van der Waals surface area contributed by atoms with E-state index in [1.54, 1.807) is 10.4 Å². The third-order valence-electron chi connectivity index (χ3n) is 4.90. The molecule has 1 aliphatic rings. The van der Waals surface area contributed by atoms with Crippen molar-refractivity contribution in [2.24, 2.45) is 0 Å². The van der Waals surface area contributed by atoms with Gasteiger partial charge in [-0.1, -0.05) is 54.8 Å². The highest BCUT2D eigenvalue weighted by Crippen LogP contribution is 2.38. The normalized spacial score (nSPS) is 19.6. The molecule has 0 spiro atoms. The van der Waals surface area contributed by atoms with Crippen molar-refractivity contribution in [2.75, 3.05) is 6.54 Å². The highest BCUT2D eigenvalue weighted by molar-refractivity contribution is 7.89. The number of nitrogens with zero attached hydrogens (tertiary/aromatic N) is 1. The van der Waals surface area contributed by atoms with Gasteiger partial charge in [-0.05, 0) is 55.5 Å². The molecule has 0 aromatic heterocycles. The second-order valence-electron chi connectivity index (χ2n) is 6.77. The van der Waals surface area contributed by atoms with Gasteiger partial charge in [0.05, 0.1) is 10.9 Å². The van der Waals surface area contributed by atoms with E-state index in [2.05, 4.69) is 0 Å². The van der Waals surface area contributed by atoms with E-state index < -0.39 is 10.0 Å². The van der Waals surface area contributed by atoms with E-state index in [-0.39, 0.29) is 6.04 Å². The van der Waals surface area contributed by atoms with Gasteiger partial charge in [0.2, 0.25) is 10.0 Å². The lowest BCUT2D eigenvalue weighted by molar-refractivity contribution is 0.329. The zero-order chi connectivity index (χ0) is 18.0. The second kappa shape index (κ2) is 7.48. The minimum atomic E-state index is -3.58. The Kier molecular flexibility index (Phi) is 5.52. The molecule has 1 heterocycles. The molecular weight excluding hydrogens is 354 g/mol. The predicted octanol–water partition coefficient (Wildman–Crippen LogP) is 5.26. The van der Waals surface area contributed by atoms with Crippen molar-refractivity contribution in [3.05, 3.63) is 64.2 Å². The maximum absolute atomic E-state index is 13.5. The smallest absolute Gasteiger partial charge is 0.207 e. The summed E-state index contributed by atoms with van der Waals surface area (Å²) in [5, 5.41) is 0.635. The number of hydrogen-bond acceptors (Lipinski definition) is 2. The molecule has 1 fully saturated rings. The van der Waals surface area contributed by atoms with Crippen LogP contribution in [0.2, 0.25) is 5.02 Å². The van der Waals surface area contributed by atoms with E-state index in [0.29, 0.717) is 16.5 Å². The van der Waals surface area contributed by atoms with E-state index in [0.717, 1.165) is 42.4 Å². The molecule has 3 rings (SSSR count). The summed E-state index contributed by atoms with van der Waals surface area (Å²) in [5.41, 5.74) is 2.64. The first-order chi connectivity index (χ1) is 11.9. The van der Waals surface area contributed by atoms with Crippen LogP contribution in [-0.2, 0) is 10.0 Å². The van der Waals surface area contributed by atoms with Gasteiger partial charge < -0.3 is 0 Å². The van der Waals surface area contributed by atoms with Crippen LogP contribution < -0.4 is 0 Å². The standard InChI is InChI=1S/C20H24ClNO2S/c1-15-11-12-16(2)20(14-15)25(23,24)22-13-7-3-4-10-19(22)17-8-5-6-9-18(17)21/h5-6,8-9,11-12,14,19H,3-4,7,10,13H2,1-2H3/t19-/m0/s1. The first kappa shape index (κ1) is 18.4. The molecular formula is C20H24ClNO2S. The molecule has 2 aromatic carbocycles. The average molecular weight is 378 g/mol. The number of hydrogen-bond donors (Lipinski definition) is 0. The maximum Gasteiger partial charge on any atom is 0.243 e. The third-order valence-corrected chi connectivity index (χ3v) is 7.29. The molecule has 5 heteroatoms. The molecule has 134 valence electrons. The Morgan fingerprint density at radius 1 is 1.04 bits per heavy atom. The quantitative estimate of drug-likeness (QED) is 0.731.